The number of rotatable bonds is 3. The van der Waals surface area contributed by atoms with E-state index in [1.807, 2.05) is 0 Å². The molecule has 8 heteroatoms. The number of halogens is 1. The van der Waals surface area contributed by atoms with Crippen LogP contribution in [0, 0.1) is 6.92 Å². The molecule has 0 aliphatic heterocycles. The van der Waals surface area contributed by atoms with Crippen LogP contribution in [0.15, 0.2) is 38.2 Å². The lowest BCUT2D eigenvalue weighted by Crippen LogP contribution is -2.14. The van der Waals surface area contributed by atoms with Crippen LogP contribution in [0.4, 0.5) is 11.5 Å². The van der Waals surface area contributed by atoms with Gasteiger partial charge in [0, 0.05) is 10.5 Å². The summed E-state index contributed by atoms with van der Waals surface area (Å²) >= 11 is 3.21. The molecule has 0 bridgehead atoms. The minimum atomic E-state index is -3.77. The molecule has 0 fully saturated rings. The first-order valence-electron chi connectivity index (χ1n) is 4.89. The van der Waals surface area contributed by atoms with Gasteiger partial charge in [-0.05, 0) is 25.1 Å². The second-order valence-corrected chi connectivity index (χ2v) is 6.18. The van der Waals surface area contributed by atoms with E-state index in [1.54, 1.807) is 13.0 Å². The third kappa shape index (κ3) is 2.65. The van der Waals surface area contributed by atoms with E-state index >= 15 is 0 Å². The monoisotopic (exact) mass is 331 g/mol. The first-order valence-corrected chi connectivity index (χ1v) is 7.17. The Bertz CT molecular complexity index is 681. The summed E-state index contributed by atoms with van der Waals surface area (Å²) in [6, 6.07) is 6.00. The van der Waals surface area contributed by atoms with E-state index in [9.17, 15) is 8.42 Å². The number of sulfonamides is 1. The summed E-state index contributed by atoms with van der Waals surface area (Å²) in [6.07, 6.45) is 0. The molecule has 0 saturated heterocycles. The third-order valence-corrected chi connectivity index (χ3v) is 4.05. The number of nitrogens with zero attached hydrogens (tertiary/aromatic N) is 1. The summed E-state index contributed by atoms with van der Waals surface area (Å²) in [6.45, 7) is 1.67. The van der Waals surface area contributed by atoms with Crippen molar-refractivity contribution in [1.82, 2.24) is 5.16 Å². The van der Waals surface area contributed by atoms with Crippen molar-refractivity contribution in [3.8, 4) is 0 Å². The first-order chi connectivity index (χ1) is 8.38. The summed E-state index contributed by atoms with van der Waals surface area (Å²) in [5.74, 6) is 0.631. The predicted molar refractivity (Wildman–Crippen MR) is 70.6 cm³/mol. The molecule has 1 heterocycles. The van der Waals surface area contributed by atoms with Crippen LogP contribution in [0.3, 0.4) is 0 Å². The van der Waals surface area contributed by atoms with Crippen molar-refractivity contribution in [3.63, 3.8) is 0 Å². The van der Waals surface area contributed by atoms with Crippen molar-refractivity contribution in [1.29, 1.82) is 0 Å². The lowest BCUT2D eigenvalue weighted by atomic mass is 10.3. The Kier molecular flexibility index (Phi) is 3.31. The number of anilines is 2. The van der Waals surface area contributed by atoms with Crippen LogP contribution in [0.5, 0.6) is 0 Å². The van der Waals surface area contributed by atoms with Crippen LogP contribution >= 0.6 is 15.9 Å². The maximum atomic E-state index is 12.1. The smallest absolute Gasteiger partial charge is 0.265 e. The molecule has 18 heavy (non-hydrogen) atoms. The standard InChI is InChI=1S/C10H10BrN3O3S/c1-6-4-10(13-17-6)14-18(15,16)9-3-2-7(11)5-8(9)12/h2-5H,12H2,1H3,(H,13,14). The number of hydrogen-bond donors (Lipinski definition) is 2. The van der Waals surface area contributed by atoms with Gasteiger partial charge in [-0.15, -0.1) is 0 Å². The van der Waals surface area contributed by atoms with Gasteiger partial charge in [-0.25, -0.2) is 8.42 Å². The van der Waals surface area contributed by atoms with Crippen LogP contribution in [0.25, 0.3) is 0 Å². The molecule has 1 aromatic carbocycles. The second kappa shape index (κ2) is 4.62. The molecular weight excluding hydrogens is 322 g/mol. The van der Waals surface area contributed by atoms with Gasteiger partial charge >= 0.3 is 0 Å². The molecule has 0 unspecified atom stereocenters. The highest BCUT2D eigenvalue weighted by Gasteiger charge is 2.19. The van der Waals surface area contributed by atoms with Crippen molar-refractivity contribution < 1.29 is 12.9 Å². The average molecular weight is 332 g/mol. The number of hydrogen-bond acceptors (Lipinski definition) is 5. The fourth-order valence-electron chi connectivity index (χ4n) is 1.37. The summed E-state index contributed by atoms with van der Waals surface area (Å²) in [4.78, 5) is -0.00801. The molecule has 2 aromatic rings. The van der Waals surface area contributed by atoms with Crippen LogP contribution in [0.1, 0.15) is 5.76 Å². The first kappa shape index (κ1) is 12.9. The lowest BCUT2D eigenvalue weighted by Gasteiger charge is -2.07. The Morgan fingerprint density at radius 1 is 1.39 bits per heavy atom. The topological polar surface area (TPSA) is 98.2 Å². The molecule has 2 rings (SSSR count). The molecule has 0 saturated carbocycles. The highest BCUT2D eigenvalue weighted by atomic mass is 79.9. The summed E-state index contributed by atoms with van der Waals surface area (Å²) in [5, 5.41) is 3.56. The van der Waals surface area contributed by atoms with Crippen LogP contribution in [-0.4, -0.2) is 13.6 Å². The number of aryl methyl sites for hydroxylation is 1. The Morgan fingerprint density at radius 2 is 2.11 bits per heavy atom. The van der Waals surface area contributed by atoms with Crippen molar-refractivity contribution in [3.05, 3.63) is 34.5 Å². The summed E-state index contributed by atoms with van der Waals surface area (Å²) in [7, 11) is -3.77. The molecule has 6 nitrogen and oxygen atoms in total. The Morgan fingerprint density at radius 3 is 2.67 bits per heavy atom. The Hall–Kier alpha value is -1.54. The van der Waals surface area contributed by atoms with E-state index in [0.717, 1.165) is 0 Å². The molecule has 0 aliphatic rings. The largest absolute Gasteiger partial charge is 0.398 e. The van der Waals surface area contributed by atoms with Gasteiger partial charge in [0.05, 0.1) is 5.69 Å². The van der Waals surface area contributed by atoms with E-state index in [1.165, 1.54) is 18.2 Å². The summed E-state index contributed by atoms with van der Waals surface area (Å²) < 4.78 is 31.9. The van der Waals surface area contributed by atoms with E-state index in [0.29, 0.717) is 10.2 Å². The minimum absolute atomic E-state index is 0.00801. The zero-order chi connectivity index (χ0) is 13.3. The van der Waals surface area contributed by atoms with Gasteiger partial charge in [0.15, 0.2) is 5.82 Å². The molecule has 0 atom stereocenters. The molecular formula is C10H10BrN3O3S. The number of benzene rings is 1. The minimum Gasteiger partial charge on any atom is -0.398 e. The fourth-order valence-corrected chi connectivity index (χ4v) is 2.85. The third-order valence-electron chi connectivity index (χ3n) is 2.13. The van der Waals surface area contributed by atoms with E-state index in [4.69, 9.17) is 10.3 Å². The SMILES string of the molecule is Cc1cc(NS(=O)(=O)c2ccc(Br)cc2N)no1. The number of nitrogens with one attached hydrogen (secondary N) is 1. The predicted octanol–water partition coefficient (Wildman–Crippen LogP) is 2.13. The highest BCUT2D eigenvalue weighted by molar-refractivity contribution is 9.10. The number of nitrogen functional groups attached to an aromatic ring is 1. The van der Waals surface area contributed by atoms with Crippen LogP contribution in [-0.2, 0) is 10.0 Å². The number of nitrogens with two attached hydrogens (primary N) is 1. The van der Waals surface area contributed by atoms with Gasteiger partial charge in [-0.1, -0.05) is 21.1 Å². The summed E-state index contributed by atoms with van der Waals surface area (Å²) in [5.41, 5.74) is 5.82. The van der Waals surface area contributed by atoms with Crippen LogP contribution < -0.4 is 10.5 Å². The van der Waals surface area contributed by atoms with E-state index < -0.39 is 10.0 Å². The lowest BCUT2D eigenvalue weighted by molar-refractivity contribution is 0.400. The van der Waals surface area contributed by atoms with Crippen molar-refractivity contribution in [2.45, 2.75) is 11.8 Å². The van der Waals surface area contributed by atoms with Gasteiger partial charge in [0.25, 0.3) is 10.0 Å². The van der Waals surface area contributed by atoms with Gasteiger partial charge < -0.3 is 10.3 Å². The van der Waals surface area contributed by atoms with Crippen molar-refractivity contribution >= 4 is 37.5 Å². The molecule has 0 aliphatic carbocycles. The molecule has 0 spiro atoms. The normalized spacial score (nSPS) is 11.4. The Labute approximate surface area is 112 Å². The molecule has 0 radical (unpaired) electrons. The maximum absolute atomic E-state index is 12.1. The highest BCUT2D eigenvalue weighted by Crippen LogP contribution is 2.24. The zero-order valence-electron chi connectivity index (χ0n) is 9.34. The zero-order valence-corrected chi connectivity index (χ0v) is 11.7. The number of aromatic nitrogens is 1. The van der Waals surface area contributed by atoms with E-state index in [2.05, 4.69) is 25.8 Å². The van der Waals surface area contributed by atoms with Gasteiger partial charge in [-0.2, -0.15) is 0 Å². The van der Waals surface area contributed by atoms with Gasteiger partial charge in [-0.3, -0.25) is 4.72 Å². The molecule has 96 valence electrons. The second-order valence-electron chi connectivity index (χ2n) is 3.61. The van der Waals surface area contributed by atoms with Crippen LogP contribution in [0.2, 0.25) is 0 Å². The average Bonchev–Trinajstić information content (AvgIpc) is 2.62. The molecule has 0 amide bonds. The Balaban J connectivity index is 2.36. The van der Waals surface area contributed by atoms with Crippen molar-refractivity contribution in [2.75, 3.05) is 10.5 Å². The van der Waals surface area contributed by atoms with E-state index in [-0.39, 0.29) is 16.4 Å². The van der Waals surface area contributed by atoms with Gasteiger partial charge in [0.1, 0.15) is 10.7 Å². The molecule has 3 N–H and O–H groups in total. The van der Waals surface area contributed by atoms with Crippen molar-refractivity contribution in [2.24, 2.45) is 0 Å². The maximum Gasteiger partial charge on any atom is 0.265 e. The molecule has 1 aromatic heterocycles. The van der Waals surface area contributed by atoms with Gasteiger partial charge in [0.2, 0.25) is 0 Å². The quantitative estimate of drug-likeness (QED) is 0.839. The fraction of sp³-hybridized carbons (Fsp3) is 0.100.